The van der Waals surface area contributed by atoms with E-state index in [4.69, 9.17) is 16.3 Å². The van der Waals surface area contributed by atoms with Gasteiger partial charge in [0.15, 0.2) is 0 Å². The van der Waals surface area contributed by atoms with Crippen molar-refractivity contribution in [2.75, 3.05) is 11.9 Å². The highest BCUT2D eigenvalue weighted by Gasteiger charge is 2.23. The van der Waals surface area contributed by atoms with Gasteiger partial charge in [-0.3, -0.25) is 14.2 Å². The molecule has 1 fully saturated rings. The number of carbonyl (C=O) groups excluding carboxylic acids is 1. The Kier molecular flexibility index (Phi) is 5.12. The summed E-state index contributed by atoms with van der Waals surface area (Å²) in [5.41, 5.74) is 0.353. The summed E-state index contributed by atoms with van der Waals surface area (Å²) in [5.74, 6) is -0.210. The van der Waals surface area contributed by atoms with Gasteiger partial charge in [0.1, 0.15) is 11.2 Å². The van der Waals surface area contributed by atoms with Crippen molar-refractivity contribution in [2.45, 2.75) is 32.0 Å². The zero-order chi connectivity index (χ0) is 21.5. The van der Waals surface area contributed by atoms with Crippen LogP contribution < -0.4 is 16.6 Å². The molecule has 1 unspecified atom stereocenters. The molecule has 5 rings (SSSR count). The molecule has 1 aromatic carbocycles. The van der Waals surface area contributed by atoms with Gasteiger partial charge in [-0.25, -0.2) is 13.9 Å². The summed E-state index contributed by atoms with van der Waals surface area (Å²) >= 11 is 7.14. The summed E-state index contributed by atoms with van der Waals surface area (Å²) in [6.45, 7) is 0.676. The molecule has 0 aliphatic carbocycles. The van der Waals surface area contributed by atoms with Gasteiger partial charge in [-0.15, -0.1) is 16.4 Å². The van der Waals surface area contributed by atoms with Crippen LogP contribution in [-0.2, 0) is 22.6 Å². The highest BCUT2D eigenvalue weighted by atomic mass is 35.5. The number of amides is 1. The second-order valence-corrected chi connectivity index (χ2v) is 8.67. The smallest absolute Gasteiger partial charge is 0.352 e. The molecule has 3 aromatic heterocycles. The summed E-state index contributed by atoms with van der Waals surface area (Å²) in [6.07, 6.45) is 1.67. The van der Waals surface area contributed by atoms with E-state index in [-0.39, 0.29) is 24.0 Å². The lowest BCUT2D eigenvalue weighted by Gasteiger charge is -2.12. The van der Waals surface area contributed by atoms with Crippen LogP contribution in [0.25, 0.3) is 16.0 Å². The SMILES string of the molecule is O=C(Cn1nc2n(CC3CCCO3)c(=O)c3sccc3n2c1=O)Nc1ccc(Cl)cc1. The minimum Gasteiger partial charge on any atom is -0.376 e. The minimum atomic E-state index is -0.481. The zero-order valence-corrected chi connectivity index (χ0v) is 17.9. The number of anilines is 1. The van der Waals surface area contributed by atoms with E-state index in [0.29, 0.717) is 34.1 Å². The van der Waals surface area contributed by atoms with Gasteiger partial charge >= 0.3 is 5.69 Å². The number of carbonyl (C=O) groups is 1. The predicted molar refractivity (Wildman–Crippen MR) is 118 cm³/mol. The largest absolute Gasteiger partial charge is 0.376 e. The zero-order valence-electron chi connectivity index (χ0n) is 16.3. The standard InChI is InChI=1S/C20H18ClN5O4S/c21-12-3-5-13(6-4-12)22-16(27)11-25-20(29)26-15-7-9-31-17(15)18(28)24(19(26)23-25)10-14-2-1-8-30-14/h3-7,9,14H,1-2,8,10-11H2,(H,22,27). The number of fused-ring (bicyclic) bond motifs is 3. The van der Waals surface area contributed by atoms with Gasteiger partial charge in [0.2, 0.25) is 11.7 Å². The molecule has 11 heteroatoms. The van der Waals surface area contributed by atoms with Crippen molar-refractivity contribution in [1.82, 2.24) is 18.7 Å². The average molecular weight is 460 g/mol. The Balaban J connectivity index is 1.54. The first-order chi connectivity index (χ1) is 15.0. The molecule has 4 heterocycles. The normalized spacial score (nSPS) is 16.4. The van der Waals surface area contributed by atoms with Gasteiger partial charge < -0.3 is 10.1 Å². The van der Waals surface area contributed by atoms with Crippen molar-refractivity contribution in [2.24, 2.45) is 0 Å². The fourth-order valence-corrected chi connectivity index (χ4v) is 4.71. The van der Waals surface area contributed by atoms with E-state index in [1.165, 1.54) is 20.3 Å². The molecule has 1 atom stereocenters. The van der Waals surface area contributed by atoms with Crippen LogP contribution in [0, 0.1) is 0 Å². The van der Waals surface area contributed by atoms with Crippen LogP contribution in [0.3, 0.4) is 0 Å². The van der Waals surface area contributed by atoms with E-state index < -0.39 is 11.6 Å². The number of halogens is 1. The Labute approximate surface area is 184 Å². The van der Waals surface area contributed by atoms with E-state index in [0.717, 1.165) is 17.5 Å². The van der Waals surface area contributed by atoms with Crippen molar-refractivity contribution < 1.29 is 9.53 Å². The Morgan fingerprint density at radius 1 is 1.26 bits per heavy atom. The van der Waals surface area contributed by atoms with Crippen LogP contribution in [0.5, 0.6) is 0 Å². The van der Waals surface area contributed by atoms with Crippen LogP contribution in [0.15, 0.2) is 45.3 Å². The molecule has 31 heavy (non-hydrogen) atoms. The maximum atomic E-state index is 13.1. The molecule has 4 aromatic rings. The first kappa shape index (κ1) is 20.0. The van der Waals surface area contributed by atoms with Crippen molar-refractivity contribution in [3.63, 3.8) is 0 Å². The number of hydrogen-bond donors (Lipinski definition) is 1. The number of benzene rings is 1. The topological polar surface area (TPSA) is 99.6 Å². The lowest BCUT2D eigenvalue weighted by Crippen LogP contribution is -2.30. The lowest BCUT2D eigenvalue weighted by atomic mass is 10.2. The average Bonchev–Trinajstić information content (AvgIpc) is 3.48. The molecule has 1 amide bonds. The van der Waals surface area contributed by atoms with Crippen LogP contribution in [0.4, 0.5) is 5.69 Å². The fourth-order valence-electron chi connectivity index (χ4n) is 3.76. The maximum Gasteiger partial charge on any atom is 0.352 e. The number of thiophene rings is 1. The van der Waals surface area contributed by atoms with Crippen molar-refractivity contribution >= 4 is 50.5 Å². The number of rotatable bonds is 5. The van der Waals surface area contributed by atoms with Crippen molar-refractivity contribution in [1.29, 1.82) is 0 Å². The molecule has 1 aliphatic heterocycles. The molecule has 0 bridgehead atoms. The summed E-state index contributed by atoms with van der Waals surface area (Å²) in [5, 5.41) is 9.37. The molecule has 1 aliphatic rings. The summed E-state index contributed by atoms with van der Waals surface area (Å²) in [4.78, 5) is 38.7. The van der Waals surface area contributed by atoms with Crippen LogP contribution >= 0.6 is 22.9 Å². The highest BCUT2D eigenvalue weighted by molar-refractivity contribution is 7.17. The molecular weight excluding hydrogens is 442 g/mol. The van der Waals surface area contributed by atoms with Gasteiger partial charge in [0.05, 0.1) is 18.2 Å². The second kappa shape index (κ2) is 7.95. The number of nitrogens with one attached hydrogen (secondary N) is 1. The van der Waals surface area contributed by atoms with Gasteiger partial charge in [0.25, 0.3) is 5.56 Å². The number of nitrogens with zero attached hydrogens (tertiary/aromatic N) is 4. The number of hydrogen-bond acceptors (Lipinski definition) is 6. The molecule has 9 nitrogen and oxygen atoms in total. The number of aromatic nitrogens is 4. The molecule has 1 saturated heterocycles. The molecule has 0 radical (unpaired) electrons. The van der Waals surface area contributed by atoms with Crippen LogP contribution in [-0.4, -0.2) is 37.4 Å². The Hall–Kier alpha value is -2.95. The quantitative estimate of drug-likeness (QED) is 0.494. The molecular formula is C20H18ClN5O4S. The first-order valence-electron chi connectivity index (χ1n) is 9.78. The summed E-state index contributed by atoms with van der Waals surface area (Å²) in [6, 6.07) is 8.37. The first-order valence-corrected chi connectivity index (χ1v) is 11.0. The Morgan fingerprint density at radius 3 is 2.81 bits per heavy atom. The van der Waals surface area contributed by atoms with Crippen LogP contribution in [0.1, 0.15) is 12.8 Å². The second-order valence-electron chi connectivity index (χ2n) is 7.32. The third-order valence-corrected chi connectivity index (χ3v) is 6.36. The van der Waals surface area contributed by atoms with Crippen LogP contribution in [0.2, 0.25) is 5.02 Å². The molecule has 0 spiro atoms. The maximum absolute atomic E-state index is 13.1. The van der Waals surface area contributed by atoms with Gasteiger partial charge in [-0.1, -0.05) is 11.6 Å². The van der Waals surface area contributed by atoms with Gasteiger partial charge in [-0.2, -0.15) is 0 Å². The lowest BCUT2D eigenvalue weighted by molar-refractivity contribution is -0.117. The monoisotopic (exact) mass is 459 g/mol. The predicted octanol–water partition coefficient (Wildman–Crippen LogP) is 2.34. The van der Waals surface area contributed by atoms with E-state index in [1.54, 1.807) is 35.7 Å². The molecule has 0 saturated carbocycles. The Morgan fingerprint density at radius 2 is 2.06 bits per heavy atom. The van der Waals surface area contributed by atoms with E-state index in [2.05, 4.69) is 10.4 Å². The highest BCUT2D eigenvalue weighted by Crippen LogP contribution is 2.19. The van der Waals surface area contributed by atoms with Crippen molar-refractivity contribution in [3.8, 4) is 0 Å². The summed E-state index contributed by atoms with van der Waals surface area (Å²) < 4.78 is 10.1. The summed E-state index contributed by atoms with van der Waals surface area (Å²) in [7, 11) is 0. The van der Waals surface area contributed by atoms with E-state index >= 15 is 0 Å². The third-order valence-electron chi connectivity index (χ3n) is 5.22. The third kappa shape index (κ3) is 3.67. The van der Waals surface area contributed by atoms with Gasteiger partial charge in [-0.05, 0) is 48.6 Å². The minimum absolute atomic E-state index is 0.104. The Bertz CT molecular complexity index is 1400. The van der Waals surface area contributed by atoms with E-state index in [1.807, 2.05) is 0 Å². The fraction of sp³-hybridized carbons (Fsp3) is 0.300. The molecule has 1 N–H and O–H groups in total. The van der Waals surface area contributed by atoms with Crippen molar-refractivity contribution in [3.05, 3.63) is 61.6 Å². The number of ether oxygens (including phenoxy) is 1. The van der Waals surface area contributed by atoms with E-state index in [9.17, 15) is 14.4 Å². The molecule has 160 valence electrons. The van der Waals surface area contributed by atoms with Gasteiger partial charge in [0, 0.05) is 17.3 Å².